The van der Waals surface area contributed by atoms with Gasteiger partial charge in [0.1, 0.15) is 36.0 Å². The number of nitrogens with one attached hydrogen (secondary N) is 3. The second kappa shape index (κ2) is 12.9. The molecule has 222 valence electrons. The lowest BCUT2D eigenvalue weighted by molar-refractivity contribution is -0.166. The van der Waals surface area contributed by atoms with Gasteiger partial charge >= 0.3 is 5.97 Å². The zero-order valence-corrected chi connectivity index (χ0v) is 22.9. The van der Waals surface area contributed by atoms with Gasteiger partial charge in [0.15, 0.2) is 0 Å². The number of aromatic nitrogens is 1. The third-order valence-electron chi connectivity index (χ3n) is 7.42. The molecule has 6 atom stereocenters. The summed E-state index contributed by atoms with van der Waals surface area (Å²) in [7, 11) is 0. The summed E-state index contributed by atoms with van der Waals surface area (Å²) in [5.74, 6) is -4.21. The molecule has 4 rings (SSSR count). The fourth-order valence-electron chi connectivity index (χ4n) is 4.92. The van der Waals surface area contributed by atoms with Gasteiger partial charge in [-0.15, -0.1) is 0 Å². The molecule has 2 saturated heterocycles. The summed E-state index contributed by atoms with van der Waals surface area (Å²) in [5.41, 5.74) is -0.199. The van der Waals surface area contributed by atoms with Gasteiger partial charge in [0.2, 0.25) is 11.9 Å². The number of carbonyl (C=O) groups is 3. The van der Waals surface area contributed by atoms with Crippen molar-refractivity contribution in [1.82, 2.24) is 20.9 Å². The molecule has 11 nitrogen and oxygen atoms in total. The van der Waals surface area contributed by atoms with Crippen LogP contribution in [0.5, 0.6) is 5.75 Å². The fraction of sp³-hybridized carbons (Fsp3) is 0.500. The number of amides is 2. The maximum absolute atomic E-state index is 14.8. The maximum atomic E-state index is 14.8. The average molecular weight is 577 g/mol. The van der Waals surface area contributed by atoms with Gasteiger partial charge in [0, 0.05) is 18.2 Å². The molecule has 3 unspecified atom stereocenters. The molecule has 2 aromatic rings. The second-order valence-electron chi connectivity index (χ2n) is 10.4. The van der Waals surface area contributed by atoms with Gasteiger partial charge in [-0.2, -0.15) is 4.39 Å². The monoisotopic (exact) mass is 576 g/mol. The first-order valence-corrected chi connectivity index (χ1v) is 13.4. The van der Waals surface area contributed by atoms with Crippen LogP contribution in [-0.2, 0) is 25.5 Å². The number of phenolic OH excluding ortho intramolecular Hbond substituents is 1. The van der Waals surface area contributed by atoms with Crippen molar-refractivity contribution < 1.29 is 42.9 Å². The van der Waals surface area contributed by atoms with Crippen molar-refractivity contribution in [2.45, 2.75) is 83.0 Å². The molecule has 0 saturated carbocycles. The minimum atomic E-state index is -1.43. The van der Waals surface area contributed by atoms with Crippen LogP contribution in [-0.4, -0.2) is 76.1 Å². The van der Waals surface area contributed by atoms with E-state index in [2.05, 4.69) is 20.9 Å². The number of esters is 1. The molecule has 0 aliphatic carbocycles. The summed E-state index contributed by atoms with van der Waals surface area (Å²) in [4.78, 5) is 43.3. The standard InChI is InChI=1S/C28H34F2N4O7/c1-13-18(25(30)31-14(2)22(13)29)12-16-8-9-21(36)33-24(20-10-11-40-20)28(39)41-15(3)23(27(38)32-16)34-26(37)17-6-4-5-7-19(17)35/h4-7,15-16,20-21,23-24,33,35-36H,8-12H2,1-3H3,(H,32,38)(H,34,37)/t15-,16-,20?,21?,23+,24?/m1/s1. The zero-order chi connectivity index (χ0) is 29.8. The number of pyridine rings is 1. The molecule has 2 aliphatic heterocycles. The van der Waals surface area contributed by atoms with Gasteiger partial charge in [0.05, 0.1) is 17.4 Å². The second-order valence-corrected chi connectivity index (χ2v) is 10.4. The molecule has 2 amide bonds. The first-order valence-electron chi connectivity index (χ1n) is 13.4. The molecule has 0 radical (unpaired) electrons. The van der Waals surface area contributed by atoms with Crippen LogP contribution in [0.4, 0.5) is 8.78 Å². The average Bonchev–Trinajstić information content (AvgIpc) is 2.89. The lowest BCUT2D eigenvalue weighted by Crippen LogP contribution is -2.60. The molecular formula is C28H34F2N4O7. The maximum Gasteiger partial charge on any atom is 0.326 e. The predicted octanol–water partition coefficient (Wildman–Crippen LogP) is 1.30. The fourth-order valence-corrected chi connectivity index (χ4v) is 4.92. The summed E-state index contributed by atoms with van der Waals surface area (Å²) >= 11 is 0. The Balaban J connectivity index is 1.65. The lowest BCUT2D eigenvalue weighted by Gasteiger charge is -2.36. The Labute approximate surface area is 235 Å². The van der Waals surface area contributed by atoms with E-state index in [0.29, 0.717) is 13.0 Å². The van der Waals surface area contributed by atoms with Crippen LogP contribution in [0.15, 0.2) is 24.3 Å². The molecule has 3 heterocycles. The van der Waals surface area contributed by atoms with Crippen LogP contribution in [0.3, 0.4) is 0 Å². The topological polar surface area (TPSA) is 159 Å². The first-order chi connectivity index (χ1) is 19.5. The Morgan fingerprint density at radius 1 is 1.17 bits per heavy atom. The van der Waals surface area contributed by atoms with Gasteiger partial charge in [-0.05, 0) is 64.2 Å². The molecule has 2 fully saturated rings. The molecule has 0 bridgehead atoms. The number of hydrogen-bond donors (Lipinski definition) is 5. The van der Waals surface area contributed by atoms with E-state index in [-0.39, 0.29) is 47.4 Å². The van der Waals surface area contributed by atoms with E-state index in [1.807, 2.05) is 0 Å². The quantitative estimate of drug-likeness (QED) is 0.261. The highest BCUT2D eigenvalue weighted by Crippen LogP contribution is 2.23. The van der Waals surface area contributed by atoms with E-state index in [1.165, 1.54) is 45.0 Å². The van der Waals surface area contributed by atoms with Gasteiger partial charge in [0.25, 0.3) is 5.91 Å². The number of halogens is 2. The van der Waals surface area contributed by atoms with Gasteiger partial charge in [-0.25, -0.2) is 9.37 Å². The van der Waals surface area contributed by atoms with E-state index in [1.54, 1.807) is 0 Å². The number of cyclic esters (lactones) is 1. The van der Waals surface area contributed by atoms with E-state index in [9.17, 15) is 33.4 Å². The van der Waals surface area contributed by atoms with Crippen molar-refractivity contribution >= 4 is 17.8 Å². The van der Waals surface area contributed by atoms with Crippen molar-refractivity contribution in [3.05, 3.63) is 58.4 Å². The molecule has 13 heteroatoms. The SMILES string of the molecule is Cc1nc(F)c(C[C@H]2CCC(O)NC(C3CCO3)C(=O)O[C@H](C)[C@H](NC(=O)c3ccccc3O)C(=O)N2)c(C)c1F. The number of aliphatic hydroxyl groups excluding tert-OH is 1. The number of benzene rings is 1. The van der Waals surface area contributed by atoms with Crippen LogP contribution in [0.2, 0.25) is 0 Å². The molecule has 41 heavy (non-hydrogen) atoms. The predicted molar refractivity (Wildman–Crippen MR) is 141 cm³/mol. The Bertz CT molecular complexity index is 1310. The van der Waals surface area contributed by atoms with Crippen molar-refractivity contribution in [3.8, 4) is 5.75 Å². The molecule has 2 aliphatic rings. The Hall–Kier alpha value is -3.68. The summed E-state index contributed by atoms with van der Waals surface area (Å²) in [6.07, 6.45) is -2.50. The van der Waals surface area contributed by atoms with Crippen LogP contribution in [0.25, 0.3) is 0 Å². The highest BCUT2D eigenvalue weighted by atomic mass is 19.1. The molecule has 1 aromatic heterocycles. The molecule has 0 spiro atoms. The van der Waals surface area contributed by atoms with Crippen LogP contribution >= 0.6 is 0 Å². The van der Waals surface area contributed by atoms with Gasteiger partial charge < -0.3 is 30.3 Å². The van der Waals surface area contributed by atoms with Crippen molar-refractivity contribution in [2.75, 3.05) is 6.61 Å². The lowest BCUT2D eigenvalue weighted by atomic mass is 9.96. The number of aromatic hydroxyl groups is 1. The highest BCUT2D eigenvalue weighted by Gasteiger charge is 2.40. The van der Waals surface area contributed by atoms with Gasteiger partial charge in [-0.1, -0.05) is 12.1 Å². The number of ether oxygens (including phenoxy) is 2. The zero-order valence-electron chi connectivity index (χ0n) is 22.9. The van der Waals surface area contributed by atoms with E-state index >= 15 is 0 Å². The normalized spacial score (nSPS) is 27.5. The number of nitrogens with zero attached hydrogens (tertiary/aromatic N) is 1. The summed E-state index contributed by atoms with van der Waals surface area (Å²) in [6.45, 7) is 4.59. The van der Waals surface area contributed by atoms with Crippen molar-refractivity contribution in [3.63, 3.8) is 0 Å². The number of rotatable bonds is 5. The number of para-hydroxylation sites is 1. The summed E-state index contributed by atoms with van der Waals surface area (Å²) in [6, 6.07) is 2.41. The number of aliphatic hydroxyl groups is 1. The number of hydrogen-bond acceptors (Lipinski definition) is 9. The van der Waals surface area contributed by atoms with Crippen LogP contribution in [0.1, 0.15) is 53.4 Å². The molecule has 1 aromatic carbocycles. The molecular weight excluding hydrogens is 542 g/mol. The third kappa shape index (κ3) is 6.97. The summed E-state index contributed by atoms with van der Waals surface area (Å²) in [5, 5.41) is 28.8. The number of carbonyl (C=O) groups excluding carboxylic acids is 3. The minimum absolute atomic E-state index is 0.0222. The third-order valence-corrected chi connectivity index (χ3v) is 7.42. The number of phenols is 1. The van der Waals surface area contributed by atoms with Crippen LogP contribution < -0.4 is 16.0 Å². The summed E-state index contributed by atoms with van der Waals surface area (Å²) < 4.78 is 40.4. The first kappa shape index (κ1) is 30.3. The van der Waals surface area contributed by atoms with E-state index in [0.717, 1.165) is 0 Å². The van der Waals surface area contributed by atoms with Crippen molar-refractivity contribution in [2.24, 2.45) is 0 Å². The van der Waals surface area contributed by atoms with Crippen molar-refractivity contribution in [1.29, 1.82) is 0 Å². The highest BCUT2D eigenvalue weighted by molar-refractivity contribution is 5.99. The van der Waals surface area contributed by atoms with Gasteiger partial charge in [-0.3, -0.25) is 19.7 Å². The minimum Gasteiger partial charge on any atom is -0.507 e. The van der Waals surface area contributed by atoms with E-state index < -0.39 is 66.1 Å². The van der Waals surface area contributed by atoms with Crippen LogP contribution in [0, 0.1) is 25.6 Å². The molecule has 5 N–H and O–H groups in total. The Kier molecular flexibility index (Phi) is 9.51. The Morgan fingerprint density at radius 3 is 2.54 bits per heavy atom. The Morgan fingerprint density at radius 2 is 1.88 bits per heavy atom. The number of aryl methyl sites for hydroxylation is 1. The smallest absolute Gasteiger partial charge is 0.326 e. The largest absolute Gasteiger partial charge is 0.507 e. The van der Waals surface area contributed by atoms with E-state index in [4.69, 9.17) is 9.47 Å².